The van der Waals surface area contributed by atoms with Crippen LogP contribution in [0.1, 0.15) is 33.1 Å². The topological polar surface area (TPSA) is 43.2 Å². The van der Waals surface area contributed by atoms with E-state index in [4.69, 9.17) is 9.47 Å². The van der Waals surface area contributed by atoms with Crippen LogP contribution in [0.3, 0.4) is 0 Å². The van der Waals surface area contributed by atoms with Crippen LogP contribution < -0.4 is 0 Å². The molecule has 4 nitrogen and oxygen atoms in total. The zero-order chi connectivity index (χ0) is 15.6. The maximum Gasteiger partial charge on any atom is 0.209 e. The molecule has 1 heterocycles. The Morgan fingerprint density at radius 1 is 1.05 bits per heavy atom. The predicted octanol–water partition coefficient (Wildman–Crippen LogP) is 2.96. The minimum absolute atomic E-state index is 0.0298. The van der Waals surface area contributed by atoms with Gasteiger partial charge in [0.1, 0.15) is 24.4 Å². The van der Waals surface area contributed by atoms with Crippen molar-refractivity contribution >= 4 is 11.8 Å². The van der Waals surface area contributed by atoms with Gasteiger partial charge in [-0.1, -0.05) is 13.8 Å². The zero-order valence-electron chi connectivity index (χ0n) is 13.1. The number of aliphatic imine (C=N–C) groups is 2. The Labute approximate surface area is 124 Å². The van der Waals surface area contributed by atoms with E-state index in [0.29, 0.717) is 18.2 Å². The second-order valence-electron chi connectivity index (χ2n) is 6.15. The molecule has 21 heavy (non-hydrogen) atoms. The van der Waals surface area contributed by atoms with E-state index in [0.717, 1.165) is 0 Å². The molecule has 1 aliphatic carbocycles. The molecule has 2 rings (SSSR count). The Kier molecular flexibility index (Phi) is 5.17. The molecule has 0 saturated heterocycles. The summed E-state index contributed by atoms with van der Waals surface area (Å²) in [6.45, 7) is 4.07. The van der Waals surface area contributed by atoms with Crippen LogP contribution in [0.4, 0.5) is 8.78 Å². The van der Waals surface area contributed by atoms with Gasteiger partial charge in [-0.15, -0.1) is 0 Å². The molecule has 0 bridgehead atoms. The third-order valence-corrected chi connectivity index (χ3v) is 4.20. The lowest BCUT2D eigenvalue weighted by Crippen LogP contribution is -2.38. The van der Waals surface area contributed by atoms with Crippen molar-refractivity contribution in [1.29, 1.82) is 0 Å². The molecule has 6 heteroatoms. The lowest BCUT2D eigenvalue weighted by Gasteiger charge is -2.28. The first-order valence-corrected chi connectivity index (χ1v) is 7.47. The normalized spacial score (nSPS) is 36.4. The van der Waals surface area contributed by atoms with E-state index in [1.807, 2.05) is 13.8 Å². The predicted molar refractivity (Wildman–Crippen MR) is 78.4 cm³/mol. The average molecular weight is 302 g/mol. The summed E-state index contributed by atoms with van der Waals surface area (Å²) in [5.74, 6) is 1.32. The van der Waals surface area contributed by atoms with Crippen molar-refractivity contribution in [2.75, 3.05) is 14.2 Å². The van der Waals surface area contributed by atoms with Crippen LogP contribution in [0.25, 0.3) is 0 Å². The standard InChI is InChI=1S/C15H24F2N2O2/c1-8(2)13-15(21-4)18-12(14(19-13)20-3)7-9-5-10(16)11(17)6-9/h8-13H,5-7H2,1-4H3/t9?,10?,11?,12-,13+/m0/s1. The molecule has 2 unspecified atom stereocenters. The number of nitrogens with zero attached hydrogens (tertiary/aromatic N) is 2. The number of rotatable bonds is 3. The molecule has 0 aromatic carbocycles. The Balaban J connectivity index is 2.11. The largest absolute Gasteiger partial charge is 0.483 e. The summed E-state index contributed by atoms with van der Waals surface area (Å²) < 4.78 is 37.3. The Hall–Kier alpha value is -1.20. The van der Waals surface area contributed by atoms with Gasteiger partial charge in [0.2, 0.25) is 11.8 Å². The first-order chi connectivity index (χ1) is 9.96. The molecule has 0 radical (unpaired) electrons. The quantitative estimate of drug-likeness (QED) is 0.804. The number of halogens is 2. The van der Waals surface area contributed by atoms with E-state index < -0.39 is 12.3 Å². The maximum absolute atomic E-state index is 13.3. The van der Waals surface area contributed by atoms with Gasteiger partial charge in [-0.2, -0.15) is 0 Å². The fraction of sp³-hybridized carbons (Fsp3) is 0.867. The van der Waals surface area contributed by atoms with Crippen molar-refractivity contribution in [2.45, 2.75) is 57.5 Å². The first-order valence-electron chi connectivity index (χ1n) is 7.47. The van der Waals surface area contributed by atoms with Gasteiger partial charge >= 0.3 is 0 Å². The second kappa shape index (κ2) is 6.71. The lowest BCUT2D eigenvalue weighted by atomic mass is 9.96. The average Bonchev–Trinajstić information content (AvgIpc) is 2.76. The van der Waals surface area contributed by atoms with Crippen LogP contribution in [-0.4, -0.2) is 50.4 Å². The second-order valence-corrected chi connectivity index (χ2v) is 6.15. The number of alkyl halides is 2. The van der Waals surface area contributed by atoms with E-state index in [1.165, 1.54) is 0 Å². The molecule has 0 spiro atoms. The Morgan fingerprint density at radius 3 is 2.10 bits per heavy atom. The lowest BCUT2D eigenvalue weighted by molar-refractivity contribution is 0.199. The van der Waals surface area contributed by atoms with Crippen LogP contribution in [0.15, 0.2) is 9.98 Å². The highest BCUT2D eigenvalue weighted by atomic mass is 19.2. The van der Waals surface area contributed by atoms with E-state index in [9.17, 15) is 8.78 Å². The van der Waals surface area contributed by atoms with E-state index in [-0.39, 0.29) is 36.8 Å². The van der Waals surface area contributed by atoms with Gasteiger partial charge < -0.3 is 9.47 Å². The van der Waals surface area contributed by atoms with Gasteiger partial charge in [-0.3, -0.25) is 0 Å². The van der Waals surface area contributed by atoms with Gasteiger partial charge in [-0.05, 0) is 31.1 Å². The van der Waals surface area contributed by atoms with E-state index in [2.05, 4.69) is 9.98 Å². The van der Waals surface area contributed by atoms with Crippen molar-refractivity contribution in [3.63, 3.8) is 0 Å². The molecule has 2 aliphatic rings. The Morgan fingerprint density at radius 2 is 1.62 bits per heavy atom. The number of ether oxygens (including phenoxy) is 2. The van der Waals surface area contributed by atoms with Gasteiger partial charge in [0.15, 0.2) is 0 Å². The maximum atomic E-state index is 13.3. The number of hydrogen-bond acceptors (Lipinski definition) is 4. The fourth-order valence-corrected chi connectivity index (χ4v) is 3.05. The van der Waals surface area contributed by atoms with Crippen LogP contribution in [-0.2, 0) is 9.47 Å². The first kappa shape index (κ1) is 16.2. The summed E-state index contributed by atoms with van der Waals surface area (Å²) >= 11 is 0. The van der Waals surface area contributed by atoms with Crippen LogP contribution in [0, 0.1) is 11.8 Å². The van der Waals surface area contributed by atoms with Crippen molar-refractivity contribution in [3.8, 4) is 0 Å². The van der Waals surface area contributed by atoms with Crippen molar-refractivity contribution in [1.82, 2.24) is 0 Å². The molecule has 1 fully saturated rings. The molecular weight excluding hydrogens is 278 g/mol. The molecule has 0 aromatic rings. The number of hydrogen-bond donors (Lipinski definition) is 0. The fourth-order valence-electron chi connectivity index (χ4n) is 3.05. The zero-order valence-corrected chi connectivity index (χ0v) is 13.1. The van der Waals surface area contributed by atoms with E-state index >= 15 is 0 Å². The third-order valence-electron chi connectivity index (χ3n) is 4.20. The monoisotopic (exact) mass is 302 g/mol. The molecule has 1 aliphatic heterocycles. The highest BCUT2D eigenvalue weighted by molar-refractivity contribution is 5.94. The minimum atomic E-state index is -1.35. The molecule has 1 saturated carbocycles. The van der Waals surface area contributed by atoms with Crippen LogP contribution in [0.2, 0.25) is 0 Å². The molecule has 0 N–H and O–H groups in total. The molecule has 0 amide bonds. The summed E-state index contributed by atoms with van der Waals surface area (Å²) in [6, 6.07) is -0.463. The van der Waals surface area contributed by atoms with Crippen molar-refractivity contribution in [3.05, 3.63) is 0 Å². The summed E-state index contributed by atoms with van der Waals surface area (Å²) in [4.78, 5) is 9.13. The number of methoxy groups -OCH3 is 2. The smallest absolute Gasteiger partial charge is 0.209 e. The third kappa shape index (κ3) is 3.52. The van der Waals surface area contributed by atoms with Crippen molar-refractivity contribution < 1.29 is 18.3 Å². The van der Waals surface area contributed by atoms with Gasteiger partial charge in [0.05, 0.1) is 14.2 Å². The van der Waals surface area contributed by atoms with Gasteiger partial charge in [0.25, 0.3) is 0 Å². The molecule has 4 atom stereocenters. The molecule has 120 valence electrons. The highest BCUT2D eigenvalue weighted by Crippen LogP contribution is 2.35. The summed E-state index contributed by atoms with van der Waals surface area (Å²) in [5, 5.41) is 0. The summed E-state index contributed by atoms with van der Waals surface area (Å²) in [6.07, 6.45) is -1.66. The van der Waals surface area contributed by atoms with Crippen molar-refractivity contribution in [2.24, 2.45) is 21.8 Å². The van der Waals surface area contributed by atoms with E-state index in [1.54, 1.807) is 14.2 Å². The van der Waals surface area contributed by atoms with Gasteiger partial charge in [0, 0.05) is 0 Å². The summed E-state index contributed by atoms with van der Waals surface area (Å²) in [7, 11) is 3.13. The summed E-state index contributed by atoms with van der Waals surface area (Å²) in [5.41, 5.74) is 0. The SMILES string of the molecule is COC1=N[C@H](C(C)C)C(OC)=N[C@H]1CC1CC(F)C(F)C1. The highest BCUT2D eigenvalue weighted by Gasteiger charge is 2.38. The molecule has 0 aromatic heterocycles. The Bertz CT molecular complexity index is 416. The minimum Gasteiger partial charge on any atom is -0.483 e. The van der Waals surface area contributed by atoms with Crippen LogP contribution >= 0.6 is 0 Å². The molecular formula is C15H24F2N2O2. The van der Waals surface area contributed by atoms with Crippen LogP contribution in [0.5, 0.6) is 0 Å². The van der Waals surface area contributed by atoms with Gasteiger partial charge in [-0.25, -0.2) is 18.8 Å².